The van der Waals surface area contributed by atoms with Crippen molar-refractivity contribution in [3.8, 4) is 17.3 Å². The molecule has 31 heavy (non-hydrogen) atoms. The summed E-state index contributed by atoms with van der Waals surface area (Å²) >= 11 is 1.06. The number of nitrogens with two attached hydrogens (primary N) is 2. The van der Waals surface area contributed by atoms with Crippen molar-refractivity contribution >= 4 is 44.8 Å². The summed E-state index contributed by atoms with van der Waals surface area (Å²) < 4.78 is 6.79. The first kappa shape index (κ1) is 19.0. The van der Waals surface area contributed by atoms with Gasteiger partial charge in [0.15, 0.2) is 6.04 Å². The Morgan fingerprint density at radius 1 is 1.35 bits per heavy atom. The van der Waals surface area contributed by atoms with Crippen molar-refractivity contribution in [3.05, 3.63) is 40.5 Å². The fourth-order valence-electron chi connectivity index (χ4n) is 3.34. The maximum Gasteiger partial charge on any atom is 0.320 e. The first-order valence-corrected chi connectivity index (χ1v) is 10.3. The summed E-state index contributed by atoms with van der Waals surface area (Å²) in [6.45, 7) is 1.84. The zero-order valence-corrected chi connectivity index (χ0v) is 17.2. The van der Waals surface area contributed by atoms with Gasteiger partial charge in [0, 0.05) is 35.4 Å². The van der Waals surface area contributed by atoms with E-state index < -0.39 is 5.90 Å². The highest BCUT2D eigenvalue weighted by Crippen LogP contribution is 2.42. The largest absolute Gasteiger partial charge is 0.857 e. The minimum absolute atomic E-state index is 0.0474. The molecule has 0 spiro atoms. The van der Waals surface area contributed by atoms with Crippen molar-refractivity contribution in [2.45, 2.75) is 25.8 Å². The molecule has 4 heterocycles. The van der Waals surface area contributed by atoms with Gasteiger partial charge in [0.25, 0.3) is 6.20 Å². The number of anilines is 2. The molecular weight excluding hydrogens is 416 g/mol. The number of nitriles is 1. The van der Waals surface area contributed by atoms with Gasteiger partial charge in [-0.05, 0) is 23.7 Å². The van der Waals surface area contributed by atoms with Crippen molar-refractivity contribution in [3.63, 3.8) is 0 Å². The number of nitrogen functional groups attached to an aromatic ring is 2. The lowest BCUT2D eigenvalue weighted by molar-refractivity contribution is -0.765. The summed E-state index contributed by atoms with van der Waals surface area (Å²) in [5, 5.41) is 26.9. The topological polar surface area (TPSA) is 167 Å². The Morgan fingerprint density at radius 3 is 2.87 bits per heavy atom. The number of fused-ring (bicyclic) bond motifs is 1. The Balaban J connectivity index is 1.69. The summed E-state index contributed by atoms with van der Waals surface area (Å²) in [4.78, 5) is 13.4. The number of hydrogen-bond acceptors (Lipinski definition) is 10. The normalized spacial score (nSPS) is 14.1. The molecule has 4 aromatic heterocycles. The minimum Gasteiger partial charge on any atom is -0.857 e. The molecular formula is C20H16N8O2S. The second-order valence-corrected chi connectivity index (χ2v) is 8.22. The van der Waals surface area contributed by atoms with E-state index in [-0.39, 0.29) is 27.8 Å². The summed E-state index contributed by atoms with van der Waals surface area (Å²) in [6.07, 6.45) is 3.64. The second-order valence-electron chi connectivity index (χ2n) is 7.22. The third-order valence-electron chi connectivity index (χ3n) is 4.96. The monoisotopic (exact) mass is 432 g/mol. The number of aryl methyl sites for hydroxylation is 1. The van der Waals surface area contributed by atoms with E-state index in [1.54, 1.807) is 16.9 Å². The highest BCUT2D eigenvalue weighted by molar-refractivity contribution is 7.21. The van der Waals surface area contributed by atoms with E-state index in [4.69, 9.17) is 16.0 Å². The maximum atomic E-state index is 12.9. The smallest absolute Gasteiger partial charge is 0.320 e. The van der Waals surface area contributed by atoms with Crippen LogP contribution in [0.25, 0.3) is 21.5 Å². The van der Waals surface area contributed by atoms with Crippen molar-refractivity contribution < 1.29 is 14.3 Å². The molecule has 0 atom stereocenters. The molecule has 0 radical (unpaired) electrons. The van der Waals surface area contributed by atoms with E-state index in [0.717, 1.165) is 29.9 Å². The van der Waals surface area contributed by atoms with Crippen LogP contribution in [0, 0.1) is 18.3 Å². The van der Waals surface area contributed by atoms with Crippen LogP contribution in [0.2, 0.25) is 0 Å². The van der Waals surface area contributed by atoms with Crippen molar-refractivity contribution in [1.29, 1.82) is 5.26 Å². The van der Waals surface area contributed by atoms with Gasteiger partial charge in [-0.25, -0.2) is 9.98 Å². The standard InChI is InChI=1S/C20H16N8O2S/c1-9-3-2-4-12(24-9)14-11(7-21)18(23)26-20-15(14)16(22)17(31-20)19(29)25-13-8-28(27-30-13)10-5-6-10/h2-4,8,10H,5-6H2,1H3,(H4-,22,23,25,26,27,29). The summed E-state index contributed by atoms with van der Waals surface area (Å²) in [5.41, 5.74) is 14.5. The van der Waals surface area contributed by atoms with Crippen LogP contribution in [0.15, 0.2) is 33.9 Å². The van der Waals surface area contributed by atoms with Crippen molar-refractivity contribution in [1.82, 2.24) is 15.2 Å². The van der Waals surface area contributed by atoms with Gasteiger partial charge in [-0.1, -0.05) is 6.07 Å². The average molecular weight is 432 g/mol. The predicted molar refractivity (Wildman–Crippen MR) is 112 cm³/mol. The molecule has 11 heteroatoms. The lowest BCUT2D eigenvalue weighted by Gasteiger charge is -2.10. The Hall–Kier alpha value is -4.04. The summed E-state index contributed by atoms with van der Waals surface area (Å²) in [7, 11) is 0. The number of pyridine rings is 2. The van der Waals surface area contributed by atoms with Gasteiger partial charge in [0.1, 0.15) is 22.3 Å². The zero-order chi connectivity index (χ0) is 21.7. The quantitative estimate of drug-likeness (QED) is 0.279. The molecule has 0 aromatic carbocycles. The van der Waals surface area contributed by atoms with Crippen molar-refractivity contribution in [2.24, 2.45) is 4.99 Å². The van der Waals surface area contributed by atoms with E-state index >= 15 is 0 Å². The van der Waals surface area contributed by atoms with E-state index in [2.05, 4.69) is 26.3 Å². The van der Waals surface area contributed by atoms with Crippen LogP contribution < -0.4 is 21.3 Å². The van der Waals surface area contributed by atoms with Crippen LogP contribution in [0.1, 0.15) is 35.0 Å². The number of aliphatic imine (C=N–C) groups is 1. The maximum absolute atomic E-state index is 12.9. The van der Waals surface area contributed by atoms with Gasteiger partial charge in [0.05, 0.1) is 16.3 Å². The van der Waals surface area contributed by atoms with Crippen molar-refractivity contribution in [2.75, 3.05) is 11.5 Å². The molecule has 0 aliphatic heterocycles. The van der Waals surface area contributed by atoms with Gasteiger partial charge < -0.3 is 16.6 Å². The number of rotatable bonds is 4. The average Bonchev–Trinajstić information content (AvgIpc) is 3.41. The Labute approximate surface area is 180 Å². The molecule has 4 aromatic rings. The third-order valence-corrected chi connectivity index (χ3v) is 6.05. The molecule has 10 nitrogen and oxygen atoms in total. The summed E-state index contributed by atoms with van der Waals surface area (Å²) in [5.74, 6) is -0.439. The molecule has 1 aliphatic carbocycles. The van der Waals surface area contributed by atoms with Crippen LogP contribution in [0.5, 0.6) is 0 Å². The number of thiophene rings is 1. The molecule has 0 bridgehead atoms. The third kappa shape index (κ3) is 3.23. The molecule has 0 unspecified atom stereocenters. The number of aromatic nitrogens is 4. The first-order valence-electron chi connectivity index (χ1n) is 9.46. The first-order chi connectivity index (χ1) is 15.0. The van der Waals surface area contributed by atoms with Crippen LogP contribution in [0.4, 0.5) is 17.4 Å². The lowest BCUT2D eigenvalue weighted by Crippen LogP contribution is -2.32. The Bertz CT molecular complexity index is 1410. The highest BCUT2D eigenvalue weighted by Gasteiger charge is 2.35. The van der Waals surface area contributed by atoms with Gasteiger partial charge in [-0.3, -0.25) is 9.51 Å². The lowest BCUT2D eigenvalue weighted by atomic mass is 10.0. The van der Waals surface area contributed by atoms with Crippen LogP contribution in [0.3, 0.4) is 0 Å². The minimum atomic E-state index is -0.583. The van der Waals surface area contributed by atoms with Gasteiger partial charge in [-0.2, -0.15) is 5.26 Å². The highest BCUT2D eigenvalue weighted by atomic mass is 32.1. The predicted octanol–water partition coefficient (Wildman–Crippen LogP) is 1.75. The molecule has 0 saturated heterocycles. The molecule has 5 rings (SSSR count). The van der Waals surface area contributed by atoms with Gasteiger partial charge >= 0.3 is 5.88 Å². The molecule has 1 saturated carbocycles. The van der Waals surface area contributed by atoms with E-state index in [1.807, 2.05) is 19.1 Å². The molecule has 1 aliphatic rings. The molecule has 154 valence electrons. The van der Waals surface area contributed by atoms with E-state index in [0.29, 0.717) is 27.5 Å². The van der Waals surface area contributed by atoms with Gasteiger partial charge in [-0.15, -0.1) is 11.3 Å². The number of nitrogens with zero attached hydrogens (tertiary/aromatic N) is 6. The van der Waals surface area contributed by atoms with Gasteiger partial charge in [0.2, 0.25) is 5.27 Å². The van der Waals surface area contributed by atoms with E-state index in [9.17, 15) is 10.4 Å². The van der Waals surface area contributed by atoms with Crippen LogP contribution in [-0.4, -0.2) is 21.1 Å². The van der Waals surface area contributed by atoms with Crippen LogP contribution >= 0.6 is 11.3 Å². The van der Waals surface area contributed by atoms with E-state index in [1.165, 1.54) is 0 Å². The SMILES string of the molecule is Cc1cccc(-c2c(C#N)c(N)nc3sc(/C([O-])=N/c4c[n+](C5CC5)no4)c(N)c23)n1. The molecule has 0 amide bonds. The molecule has 1 fully saturated rings. The Morgan fingerprint density at radius 2 is 2.16 bits per heavy atom. The second kappa shape index (κ2) is 7.03. The molecule has 4 N–H and O–H groups in total. The fraction of sp³-hybridized carbons (Fsp3) is 0.200. The van der Waals surface area contributed by atoms with Crippen LogP contribution in [-0.2, 0) is 0 Å². The summed E-state index contributed by atoms with van der Waals surface area (Å²) in [6, 6.07) is 7.81. The number of hydrogen-bond donors (Lipinski definition) is 2. The zero-order valence-electron chi connectivity index (χ0n) is 16.4. The fourth-order valence-corrected chi connectivity index (χ4v) is 4.34. The Kier molecular flexibility index (Phi) is 4.30.